The number of rotatable bonds is 8. The number of nitrogens with one attached hydrogen (secondary N) is 1. The smallest absolute Gasteiger partial charge is 0.416 e. The van der Waals surface area contributed by atoms with Gasteiger partial charge in [0, 0.05) is 11.6 Å². The Bertz CT molecular complexity index is 1180. The van der Waals surface area contributed by atoms with E-state index in [1.54, 1.807) is 24.3 Å². The molecule has 0 aliphatic carbocycles. The van der Waals surface area contributed by atoms with Crippen molar-refractivity contribution in [2.75, 3.05) is 6.54 Å². The number of halogens is 4. The summed E-state index contributed by atoms with van der Waals surface area (Å²) in [4.78, 5) is 11.9. The molecular weight excluding hydrogens is 469 g/mol. The Labute approximate surface area is 187 Å². The standard InChI is InChI=1S/C21H18ClF3N2O4S/c22-19-9-2-1-5-15(19)12-26-20(28)14-27(13-17-7-4-10-31-17)32(29,30)18-8-3-6-16(11-18)21(23,24)25/h1-11H,12-14H2,(H,26,28). The molecule has 32 heavy (non-hydrogen) atoms. The Morgan fingerprint density at radius 1 is 1.06 bits per heavy atom. The van der Waals surface area contributed by atoms with Crippen molar-refractivity contribution in [3.8, 4) is 0 Å². The van der Waals surface area contributed by atoms with Crippen LogP contribution in [0.25, 0.3) is 0 Å². The number of amides is 1. The van der Waals surface area contributed by atoms with E-state index in [9.17, 15) is 26.4 Å². The Hall–Kier alpha value is -2.82. The van der Waals surface area contributed by atoms with E-state index in [1.165, 1.54) is 18.4 Å². The first kappa shape index (κ1) is 23.8. The van der Waals surface area contributed by atoms with E-state index in [0.717, 1.165) is 22.5 Å². The molecule has 11 heteroatoms. The van der Waals surface area contributed by atoms with Crippen molar-refractivity contribution in [1.82, 2.24) is 9.62 Å². The summed E-state index contributed by atoms with van der Waals surface area (Å²) in [6, 6.07) is 13.2. The van der Waals surface area contributed by atoms with E-state index in [2.05, 4.69) is 5.32 Å². The highest BCUT2D eigenvalue weighted by molar-refractivity contribution is 7.89. The van der Waals surface area contributed by atoms with Crippen LogP contribution in [-0.4, -0.2) is 25.2 Å². The van der Waals surface area contributed by atoms with Crippen molar-refractivity contribution in [1.29, 1.82) is 0 Å². The van der Waals surface area contributed by atoms with Gasteiger partial charge < -0.3 is 9.73 Å². The lowest BCUT2D eigenvalue weighted by Crippen LogP contribution is -2.40. The number of hydrogen-bond acceptors (Lipinski definition) is 4. The third kappa shape index (κ3) is 5.90. The van der Waals surface area contributed by atoms with Crippen LogP contribution in [0.3, 0.4) is 0 Å². The van der Waals surface area contributed by atoms with Gasteiger partial charge in [-0.3, -0.25) is 4.79 Å². The summed E-state index contributed by atoms with van der Waals surface area (Å²) < 4.78 is 71.4. The molecule has 1 aromatic heterocycles. The van der Waals surface area contributed by atoms with Crippen LogP contribution in [0.2, 0.25) is 5.02 Å². The van der Waals surface area contributed by atoms with E-state index in [4.69, 9.17) is 16.0 Å². The van der Waals surface area contributed by atoms with Gasteiger partial charge in [-0.25, -0.2) is 8.42 Å². The van der Waals surface area contributed by atoms with Crippen molar-refractivity contribution in [2.45, 2.75) is 24.2 Å². The minimum absolute atomic E-state index is 0.0523. The van der Waals surface area contributed by atoms with Gasteiger partial charge in [0.25, 0.3) is 0 Å². The largest absolute Gasteiger partial charge is 0.468 e. The van der Waals surface area contributed by atoms with Gasteiger partial charge in [-0.2, -0.15) is 17.5 Å². The summed E-state index contributed by atoms with van der Waals surface area (Å²) in [6.45, 7) is -0.925. The lowest BCUT2D eigenvalue weighted by Gasteiger charge is -2.21. The predicted octanol–water partition coefficient (Wildman–Crippen LogP) is 4.46. The molecule has 170 valence electrons. The molecule has 3 aromatic rings. The maximum absolute atomic E-state index is 13.1. The average molecular weight is 487 g/mol. The van der Waals surface area contributed by atoms with Gasteiger partial charge in [0.05, 0.1) is 29.8 Å². The van der Waals surface area contributed by atoms with Gasteiger partial charge in [-0.1, -0.05) is 35.9 Å². The fraction of sp³-hybridized carbons (Fsp3) is 0.190. The number of carbonyl (C=O) groups excluding carboxylic acids is 1. The van der Waals surface area contributed by atoms with Gasteiger partial charge in [-0.15, -0.1) is 0 Å². The van der Waals surface area contributed by atoms with Gasteiger partial charge >= 0.3 is 6.18 Å². The van der Waals surface area contributed by atoms with Gasteiger partial charge in [-0.05, 0) is 42.0 Å². The van der Waals surface area contributed by atoms with Gasteiger partial charge in [0.15, 0.2) is 0 Å². The normalized spacial score (nSPS) is 12.2. The second kappa shape index (κ2) is 9.76. The molecule has 0 atom stereocenters. The molecule has 0 bridgehead atoms. The number of alkyl halides is 3. The monoisotopic (exact) mass is 486 g/mol. The average Bonchev–Trinajstić information content (AvgIpc) is 3.25. The molecule has 0 aliphatic heterocycles. The predicted molar refractivity (Wildman–Crippen MR) is 111 cm³/mol. The third-order valence-electron chi connectivity index (χ3n) is 4.47. The zero-order chi connectivity index (χ0) is 23.4. The molecule has 1 heterocycles. The molecule has 1 N–H and O–H groups in total. The molecule has 2 aromatic carbocycles. The Balaban J connectivity index is 1.83. The molecule has 0 fully saturated rings. The first-order valence-corrected chi connectivity index (χ1v) is 11.1. The fourth-order valence-corrected chi connectivity index (χ4v) is 4.45. The number of benzene rings is 2. The van der Waals surface area contributed by atoms with Crippen LogP contribution in [0.5, 0.6) is 0 Å². The lowest BCUT2D eigenvalue weighted by molar-refractivity contribution is -0.137. The molecule has 0 spiro atoms. The van der Waals surface area contributed by atoms with E-state index in [-0.39, 0.29) is 18.8 Å². The zero-order valence-corrected chi connectivity index (χ0v) is 18.0. The van der Waals surface area contributed by atoms with E-state index < -0.39 is 39.1 Å². The minimum Gasteiger partial charge on any atom is -0.468 e. The first-order chi connectivity index (χ1) is 15.1. The van der Waals surface area contributed by atoms with E-state index >= 15 is 0 Å². The van der Waals surface area contributed by atoms with Crippen LogP contribution >= 0.6 is 11.6 Å². The molecule has 0 saturated carbocycles. The highest BCUT2D eigenvalue weighted by Crippen LogP contribution is 2.31. The first-order valence-electron chi connectivity index (χ1n) is 9.27. The highest BCUT2D eigenvalue weighted by atomic mass is 35.5. The van der Waals surface area contributed by atoms with Gasteiger partial charge in [0.2, 0.25) is 15.9 Å². The van der Waals surface area contributed by atoms with Crippen molar-refractivity contribution >= 4 is 27.5 Å². The molecule has 0 unspecified atom stereocenters. The SMILES string of the molecule is O=C(CN(Cc1ccco1)S(=O)(=O)c1cccc(C(F)(F)F)c1)NCc1ccccc1Cl. The maximum atomic E-state index is 13.1. The van der Waals surface area contributed by atoms with Crippen LogP contribution < -0.4 is 5.32 Å². The number of nitrogens with zero attached hydrogens (tertiary/aromatic N) is 1. The summed E-state index contributed by atoms with van der Waals surface area (Å²) in [5, 5.41) is 3.00. The second-order valence-corrected chi connectivity index (χ2v) is 9.09. The molecule has 0 saturated heterocycles. The van der Waals surface area contributed by atoms with Crippen LogP contribution in [0.4, 0.5) is 13.2 Å². The quantitative estimate of drug-likeness (QED) is 0.510. The van der Waals surface area contributed by atoms with Crippen LogP contribution in [-0.2, 0) is 34.1 Å². The summed E-state index contributed by atoms with van der Waals surface area (Å²) >= 11 is 6.05. The number of furan rings is 1. The molecule has 0 radical (unpaired) electrons. The Kier molecular flexibility index (Phi) is 7.27. The number of sulfonamides is 1. The van der Waals surface area contributed by atoms with E-state index in [1.807, 2.05) is 0 Å². The van der Waals surface area contributed by atoms with Crippen molar-refractivity contribution in [3.05, 3.63) is 88.8 Å². The van der Waals surface area contributed by atoms with Crippen molar-refractivity contribution < 1.29 is 30.8 Å². The number of carbonyl (C=O) groups is 1. The highest BCUT2D eigenvalue weighted by Gasteiger charge is 2.33. The maximum Gasteiger partial charge on any atom is 0.416 e. The molecular formula is C21H18ClF3N2O4S. The summed E-state index contributed by atoms with van der Waals surface area (Å²) in [7, 11) is -4.46. The summed E-state index contributed by atoms with van der Waals surface area (Å²) in [5.74, 6) is -0.438. The lowest BCUT2D eigenvalue weighted by atomic mass is 10.2. The van der Waals surface area contributed by atoms with E-state index in [0.29, 0.717) is 16.7 Å². The zero-order valence-electron chi connectivity index (χ0n) is 16.5. The third-order valence-corrected chi connectivity index (χ3v) is 6.62. The topological polar surface area (TPSA) is 79.6 Å². The fourth-order valence-electron chi connectivity index (χ4n) is 2.84. The number of hydrogen-bond donors (Lipinski definition) is 1. The van der Waals surface area contributed by atoms with Crippen LogP contribution in [0, 0.1) is 0 Å². The molecule has 6 nitrogen and oxygen atoms in total. The van der Waals surface area contributed by atoms with Gasteiger partial charge in [0.1, 0.15) is 5.76 Å². The summed E-state index contributed by atoms with van der Waals surface area (Å²) in [5.41, 5.74) is -0.486. The van der Waals surface area contributed by atoms with Crippen molar-refractivity contribution in [3.63, 3.8) is 0 Å². The van der Waals surface area contributed by atoms with Crippen LogP contribution in [0.1, 0.15) is 16.9 Å². The summed E-state index contributed by atoms with van der Waals surface area (Å²) in [6.07, 6.45) is -3.40. The molecule has 3 rings (SSSR count). The van der Waals surface area contributed by atoms with Crippen molar-refractivity contribution in [2.24, 2.45) is 0 Å². The Morgan fingerprint density at radius 2 is 1.81 bits per heavy atom. The Morgan fingerprint density at radius 3 is 2.47 bits per heavy atom. The molecule has 0 aliphatic rings. The molecule has 1 amide bonds. The minimum atomic E-state index is -4.72. The second-order valence-electron chi connectivity index (χ2n) is 6.75. The van der Waals surface area contributed by atoms with Crippen LogP contribution in [0.15, 0.2) is 76.2 Å².